The predicted octanol–water partition coefficient (Wildman–Crippen LogP) is 2.10. The van der Waals surface area contributed by atoms with E-state index in [0.717, 1.165) is 11.4 Å². The molecule has 0 aliphatic carbocycles. The molecule has 0 aliphatic heterocycles. The Morgan fingerprint density at radius 1 is 1.32 bits per heavy atom. The van der Waals surface area contributed by atoms with E-state index >= 15 is 0 Å². The zero-order valence-corrected chi connectivity index (χ0v) is 11.3. The number of rotatable bonds is 4. The van der Waals surface area contributed by atoms with E-state index in [9.17, 15) is 4.79 Å². The molecular formula is C13H14N4OS. The SMILES string of the molecule is Cc1cc(N)nc(SCC(=O)Nc2ccccc2)n1. The minimum absolute atomic E-state index is 0.0973. The minimum Gasteiger partial charge on any atom is -0.384 e. The van der Waals surface area contributed by atoms with Gasteiger partial charge in [0.05, 0.1) is 5.75 Å². The van der Waals surface area contributed by atoms with Gasteiger partial charge in [-0.15, -0.1) is 0 Å². The number of anilines is 2. The number of nitrogens with one attached hydrogen (secondary N) is 1. The molecule has 3 N–H and O–H groups in total. The molecule has 1 aromatic carbocycles. The highest BCUT2D eigenvalue weighted by molar-refractivity contribution is 7.99. The van der Waals surface area contributed by atoms with Gasteiger partial charge in [-0.1, -0.05) is 30.0 Å². The summed E-state index contributed by atoms with van der Waals surface area (Å²) in [4.78, 5) is 20.0. The number of aromatic nitrogens is 2. The van der Waals surface area contributed by atoms with E-state index in [-0.39, 0.29) is 11.7 Å². The largest absolute Gasteiger partial charge is 0.384 e. The van der Waals surface area contributed by atoms with Gasteiger partial charge in [-0.3, -0.25) is 4.79 Å². The van der Waals surface area contributed by atoms with Crippen molar-refractivity contribution in [2.45, 2.75) is 12.1 Å². The molecule has 2 aromatic rings. The lowest BCUT2D eigenvalue weighted by Crippen LogP contribution is -2.14. The molecule has 19 heavy (non-hydrogen) atoms. The summed E-state index contributed by atoms with van der Waals surface area (Å²) in [5, 5.41) is 3.31. The van der Waals surface area contributed by atoms with Crippen molar-refractivity contribution in [3.8, 4) is 0 Å². The van der Waals surface area contributed by atoms with Gasteiger partial charge in [-0.25, -0.2) is 9.97 Å². The molecule has 0 saturated carbocycles. The van der Waals surface area contributed by atoms with Crippen LogP contribution in [-0.4, -0.2) is 21.6 Å². The van der Waals surface area contributed by atoms with Gasteiger partial charge in [0.25, 0.3) is 0 Å². The summed E-state index contributed by atoms with van der Waals surface area (Å²) in [5.74, 6) is 0.566. The molecule has 98 valence electrons. The zero-order chi connectivity index (χ0) is 13.7. The molecule has 0 spiro atoms. The normalized spacial score (nSPS) is 10.2. The number of nitrogen functional groups attached to an aromatic ring is 1. The Morgan fingerprint density at radius 3 is 2.74 bits per heavy atom. The molecule has 0 saturated heterocycles. The maximum absolute atomic E-state index is 11.7. The Hall–Kier alpha value is -2.08. The van der Waals surface area contributed by atoms with Crippen LogP contribution in [0.25, 0.3) is 0 Å². The van der Waals surface area contributed by atoms with Crippen molar-refractivity contribution in [3.63, 3.8) is 0 Å². The van der Waals surface area contributed by atoms with Crippen LogP contribution in [0.4, 0.5) is 11.5 Å². The maximum Gasteiger partial charge on any atom is 0.234 e. The first-order chi connectivity index (χ1) is 9.13. The monoisotopic (exact) mass is 274 g/mol. The van der Waals surface area contributed by atoms with Gasteiger partial charge in [-0.2, -0.15) is 0 Å². The second-order valence-electron chi connectivity index (χ2n) is 3.92. The van der Waals surface area contributed by atoms with Crippen LogP contribution < -0.4 is 11.1 Å². The number of benzene rings is 1. The van der Waals surface area contributed by atoms with Crippen molar-refractivity contribution in [2.24, 2.45) is 0 Å². The van der Waals surface area contributed by atoms with Crippen molar-refractivity contribution in [2.75, 3.05) is 16.8 Å². The number of hydrogen-bond donors (Lipinski definition) is 2. The van der Waals surface area contributed by atoms with E-state index in [1.165, 1.54) is 11.8 Å². The number of nitrogens with zero attached hydrogens (tertiary/aromatic N) is 2. The Labute approximate surface area is 115 Å². The van der Waals surface area contributed by atoms with Crippen molar-refractivity contribution in [1.29, 1.82) is 0 Å². The third kappa shape index (κ3) is 4.26. The third-order valence-corrected chi connectivity index (χ3v) is 3.09. The lowest BCUT2D eigenvalue weighted by Gasteiger charge is -2.05. The van der Waals surface area contributed by atoms with E-state index in [1.807, 2.05) is 37.3 Å². The van der Waals surface area contributed by atoms with Crippen LogP contribution in [0.5, 0.6) is 0 Å². The van der Waals surface area contributed by atoms with Crippen LogP contribution in [0.2, 0.25) is 0 Å². The average Bonchev–Trinajstić information content (AvgIpc) is 2.36. The fourth-order valence-electron chi connectivity index (χ4n) is 1.48. The van der Waals surface area contributed by atoms with Gasteiger partial charge in [0.1, 0.15) is 5.82 Å². The number of nitrogens with two attached hydrogens (primary N) is 1. The molecule has 0 fully saturated rings. The Balaban J connectivity index is 1.90. The second-order valence-corrected chi connectivity index (χ2v) is 4.86. The smallest absolute Gasteiger partial charge is 0.234 e. The number of carbonyl (C=O) groups is 1. The van der Waals surface area contributed by atoms with Crippen LogP contribution in [0.3, 0.4) is 0 Å². The quantitative estimate of drug-likeness (QED) is 0.659. The van der Waals surface area contributed by atoms with Gasteiger partial charge < -0.3 is 11.1 Å². The van der Waals surface area contributed by atoms with Crippen molar-refractivity contribution in [3.05, 3.63) is 42.1 Å². The van der Waals surface area contributed by atoms with E-state index in [1.54, 1.807) is 6.07 Å². The fraction of sp³-hybridized carbons (Fsp3) is 0.154. The van der Waals surface area contributed by atoms with E-state index in [0.29, 0.717) is 11.0 Å². The third-order valence-electron chi connectivity index (χ3n) is 2.24. The molecule has 0 bridgehead atoms. The minimum atomic E-state index is -0.0973. The van der Waals surface area contributed by atoms with Gasteiger partial charge in [0, 0.05) is 17.4 Å². The number of carbonyl (C=O) groups excluding carboxylic acids is 1. The van der Waals surface area contributed by atoms with Crippen LogP contribution >= 0.6 is 11.8 Å². The summed E-state index contributed by atoms with van der Waals surface area (Å²) in [6.07, 6.45) is 0. The standard InChI is InChI=1S/C13H14N4OS/c1-9-7-11(14)17-13(15-9)19-8-12(18)16-10-5-3-2-4-6-10/h2-7H,8H2,1H3,(H,16,18)(H2,14,15,17). The number of para-hydroxylation sites is 1. The fourth-order valence-corrected chi connectivity index (χ4v) is 2.19. The van der Waals surface area contributed by atoms with Gasteiger partial charge in [0.2, 0.25) is 5.91 Å². The molecule has 1 amide bonds. The molecule has 5 nitrogen and oxygen atoms in total. The molecular weight excluding hydrogens is 260 g/mol. The Bertz CT molecular complexity index is 554. The topological polar surface area (TPSA) is 80.9 Å². The predicted molar refractivity (Wildman–Crippen MR) is 77.0 cm³/mol. The van der Waals surface area contributed by atoms with E-state index in [2.05, 4.69) is 15.3 Å². The van der Waals surface area contributed by atoms with Crippen molar-refractivity contribution in [1.82, 2.24) is 9.97 Å². The molecule has 0 aliphatic rings. The number of thioether (sulfide) groups is 1. The zero-order valence-electron chi connectivity index (χ0n) is 10.5. The lowest BCUT2D eigenvalue weighted by molar-refractivity contribution is -0.113. The van der Waals surface area contributed by atoms with Crippen LogP contribution in [0, 0.1) is 6.92 Å². The first-order valence-electron chi connectivity index (χ1n) is 5.72. The molecule has 1 heterocycles. The van der Waals surface area contributed by atoms with Crippen LogP contribution in [0.15, 0.2) is 41.6 Å². The summed E-state index contributed by atoms with van der Waals surface area (Å²) < 4.78 is 0. The number of hydrogen-bond acceptors (Lipinski definition) is 5. The average molecular weight is 274 g/mol. The Morgan fingerprint density at radius 2 is 2.05 bits per heavy atom. The first-order valence-corrected chi connectivity index (χ1v) is 6.71. The molecule has 2 rings (SSSR count). The molecule has 0 radical (unpaired) electrons. The van der Waals surface area contributed by atoms with Crippen molar-refractivity contribution >= 4 is 29.2 Å². The van der Waals surface area contributed by atoms with E-state index in [4.69, 9.17) is 5.73 Å². The highest BCUT2D eigenvalue weighted by Crippen LogP contribution is 2.15. The van der Waals surface area contributed by atoms with Crippen LogP contribution in [-0.2, 0) is 4.79 Å². The van der Waals surface area contributed by atoms with Gasteiger partial charge in [-0.05, 0) is 19.1 Å². The van der Waals surface area contributed by atoms with Crippen molar-refractivity contribution < 1.29 is 4.79 Å². The number of aryl methyl sites for hydroxylation is 1. The summed E-state index contributed by atoms with van der Waals surface area (Å²) in [6, 6.07) is 11.0. The summed E-state index contributed by atoms with van der Waals surface area (Å²) >= 11 is 1.26. The summed E-state index contributed by atoms with van der Waals surface area (Å²) in [7, 11) is 0. The highest BCUT2D eigenvalue weighted by Gasteiger charge is 2.06. The summed E-state index contributed by atoms with van der Waals surface area (Å²) in [6.45, 7) is 1.84. The highest BCUT2D eigenvalue weighted by atomic mass is 32.2. The van der Waals surface area contributed by atoms with Crippen LogP contribution in [0.1, 0.15) is 5.69 Å². The number of amides is 1. The molecule has 1 aromatic heterocycles. The van der Waals surface area contributed by atoms with Gasteiger partial charge in [0.15, 0.2) is 5.16 Å². The maximum atomic E-state index is 11.7. The first kappa shape index (κ1) is 13.4. The molecule has 6 heteroatoms. The Kier molecular flexibility index (Phi) is 4.35. The molecule has 0 unspecified atom stereocenters. The molecule has 0 atom stereocenters. The lowest BCUT2D eigenvalue weighted by atomic mass is 10.3. The second kappa shape index (κ2) is 6.19. The van der Waals surface area contributed by atoms with Gasteiger partial charge >= 0.3 is 0 Å². The van der Waals surface area contributed by atoms with E-state index < -0.39 is 0 Å². The summed E-state index contributed by atoms with van der Waals surface area (Å²) in [5.41, 5.74) is 7.19.